The lowest BCUT2D eigenvalue weighted by molar-refractivity contribution is -0.401. The van der Waals surface area contributed by atoms with Gasteiger partial charge in [0.2, 0.25) is 21.0 Å². The van der Waals surface area contributed by atoms with Crippen LogP contribution in [0.3, 0.4) is 0 Å². The van der Waals surface area contributed by atoms with Crippen LogP contribution < -0.4 is 0 Å². The summed E-state index contributed by atoms with van der Waals surface area (Å²) in [6.07, 6.45) is 7.24. The maximum absolute atomic E-state index is 10.5. The zero-order valence-electron chi connectivity index (χ0n) is 10.2. The summed E-state index contributed by atoms with van der Waals surface area (Å²) in [7, 11) is -4.12. The third kappa shape index (κ3) is 5.00. The van der Waals surface area contributed by atoms with E-state index in [1.165, 1.54) is 6.20 Å². The molecule has 0 bridgehead atoms. The Morgan fingerprint density at radius 2 is 2.20 bits per heavy atom. The van der Waals surface area contributed by atoms with Gasteiger partial charge >= 0.3 is 0 Å². The van der Waals surface area contributed by atoms with Crippen LogP contribution in [0.25, 0.3) is 5.57 Å². The molecular weight excluding hydrogens is 417 g/mol. The minimum Gasteiger partial charge on any atom is -0.748 e. The Bertz CT molecular complexity index is 701. The fourth-order valence-electron chi connectivity index (χ4n) is 1.48. The van der Waals surface area contributed by atoms with Crippen LogP contribution >= 0.6 is 32.6 Å². The Morgan fingerprint density at radius 1 is 1.40 bits per heavy atom. The number of hydrogen-bond donors (Lipinski definition) is 0. The van der Waals surface area contributed by atoms with Crippen molar-refractivity contribution < 1.29 is 15.7 Å². The lowest BCUT2D eigenvalue weighted by atomic mass is 10.2. The molecule has 0 aromatic carbocycles. The summed E-state index contributed by atoms with van der Waals surface area (Å²) in [5, 5.41) is 0.345. The Labute approximate surface area is 132 Å². The van der Waals surface area contributed by atoms with E-state index in [4.69, 9.17) is 11.6 Å². The minimum absolute atomic E-state index is 0.322. The van der Waals surface area contributed by atoms with Gasteiger partial charge in [-0.15, -0.1) is 0 Å². The smallest absolute Gasteiger partial charge is 0.236 e. The number of halogens is 2. The first-order chi connectivity index (χ1) is 9.44. The van der Waals surface area contributed by atoms with Gasteiger partial charge in [0.05, 0.1) is 28.2 Å². The maximum Gasteiger partial charge on any atom is 0.236 e. The van der Waals surface area contributed by atoms with Crippen LogP contribution in [0.5, 0.6) is 0 Å². The summed E-state index contributed by atoms with van der Waals surface area (Å²) in [5.41, 5.74) is 1.68. The first-order valence-electron chi connectivity index (χ1n) is 5.64. The van der Waals surface area contributed by atoms with Gasteiger partial charge < -0.3 is 4.55 Å². The zero-order chi connectivity index (χ0) is 14.6. The van der Waals surface area contributed by atoms with Crippen LogP contribution in [-0.4, -0.2) is 38.0 Å². The van der Waals surface area contributed by atoms with Crippen molar-refractivity contribution >= 4 is 48.3 Å². The summed E-state index contributed by atoms with van der Waals surface area (Å²) in [4.78, 5) is 8.16. The van der Waals surface area contributed by atoms with E-state index in [1.807, 2.05) is 15.0 Å². The van der Waals surface area contributed by atoms with Crippen molar-refractivity contribution in [2.75, 3.05) is 12.3 Å². The van der Waals surface area contributed by atoms with Crippen LogP contribution in [0, 0.1) is 0 Å². The highest BCUT2D eigenvalue weighted by atomic mass is 127. The maximum atomic E-state index is 10.5. The highest BCUT2D eigenvalue weighted by Crippen LogP contribution is 2.23. The van der Waals surface area contributed by atoms with E-state index in [1.54, 1.807) is 6.20 Å². The van der Waals surface area contributed by atoms with E-state index in [0.29, 0.717) is 18.1 Å². The van der Waals surface area contributed by atoms with E-state index in [-0.39, 0.29) is 5.75 Å². The fraction of sp³-hybridized carbons (Fsp3) is 0.273. The van der Waals surface area contributed by atoms with Crippen molar-refractivity contribution in [2.45, 2.75) is 6.42 Å². The van der Waals surface area contributed by atoms with Gasteiger partial charge in [-0.05, 0) is 0 Å². The fourth-order valence-corrected chi connectivity index (χ4v) is 4.26. The molecule has 1 aliphatic rings. The van der Waals surface area contributed by atoms with Gasteiger partial charge in [-0.25, -0.2) is 13.4 Å². The van der Waals surface area contributed by atoms with E-state index in [2.05, 4.69) is 14.1 Å². The molecule has 20 heavy (non-hydrogen) atoms. The first kappa shape index (κ1) is 15.7. The van der Waals surface area contributed by atoms with Gasteiger partial charge in [-0.2, -0.15) is 2.73 Å². The molecular formula is C11H11ClIN3O3S. The molecule has 9 heteroatoms. The minimum atomic E-state index is -4.12. The number of rotatable bonds is 5. The SMILES string of the molecule is O=S(=O)([O-])CCC[N+]1=IC=C(c2cncc(Cl)n2)C=C1. The number of aromatic nitrogens is 2. The topological polar surface area (TPSA) is 86.0 Å². The quantitative estimate of drug-likeness (QED) is 0.531. The van der Waals surface area contributed by atoms with Crippen LogP contribution in [0.1, 0.15) is 12.1 Å². The third-order valence-electron chi connectivity index (χ3n) is 2.37. The molecule has 0 radical (unpaired) electrons. The molecule has 0 atom stereocenters. The molecule has 1 aliphatic heterocycles. The second-order valence-electron chi connectivity index (χ2n) is 3.94. The van der Waals surface area contributed by atoms with Crippen LogP contribution in [0.15, 0.2) is 28.8 Å². The molecule has 2 heterocycles. The van der Waals surface area contributed by atoms with Gasteiger partial charge in [0.1, 0.15) is 5.15 Å². The molecule has 1 aromatic heterocycles. The van der Waals surface area contributed by atoms with E-state index >= 15 is 0 Å². The summed E-state index contributed by atoms with van der Waals surface area (Å²) in [6, 6.07) is 0. The van der Waals surface area contributed by atoms with Crippen molar-refractivity contribution in [1.82, 2.24) is 9.97 Å². The predicted molar refractivity (Wildman–Crippen MR) is 82.5 cm³/mol. The molecule has 0 saturated heterocycles. The molecule has 0 fully saturated rings. The normalized spacial score (nSPS) is 15.3. The second-order valence-corrected chi connectivity index (χ2v) is 8.27. The molecule has 2 rings (SSSR count). The predicted octanol–water partition coefficient (Wildman–Crippen LogP) is 2.10. The van der Waals surface area contributed by atoms with Gasteiger partial charge in [-0.1, -0.05) is 11.6 Å². The summed E-state index contributed by atoms with van der Waals surface area (Å²) in [6.45, 7) is 0.566. The van der Waals surface area contributed by atoms with Crippen LogP contribution in [-0.2, 0) is 10.1 Å². The summed E-state index contributed by atoms with van der Waals surface area (Å²) in [5.74, 6) is -0.322. The molecule has 0 spiro atoms. The van der Waals surface area contributed by atoms with Gasteiger partial charge in [0.25, 0.3) is 0 Å². The molecule has 0 saturated carbocycles. The van der Waals surface area contributed by atoms with Crippen molar-refractivity contribution in [2.24, 2.45) is 0 Å². The molecule has 0 N–H and O–H groups in total. The van der Waals surface area contributed by atoms with Crippen molar-refractivity contribution in [3.05, 3.63) is 39.6 Å². The van der Waals surface area contributed by atoms with Gasteiger partial charge in [0.15, 0.2) is 12.7 Å². The zero-order valence-corrected chi connectivity index (χ0v) is 14.0. The van der Waals surface area contributed by atoms with Gasteiger partial charge in [0, 0.05) is 27.9 Å². The number of nitrogens with zero attached hydrogens (tertiary/aromatic N) is 3. The monoisotopic (exact) mass is 427 g/mol. The molecule has 0 amide bonds. The molecule has 108 valence electrons. The lowest BCUT2D eigenvalue weighted by Crippen LogP contribution is -2.10. The Morgan fingerprint density at radius 3 is 2.80 bits per heavy atom. The largest absolute Gasteiger partial charge is 0.748 e. The van der Waals surface area contributed by atoms with Crippen molar-refractivity contribution in [1.29, 1.82) is 0 Å². The van der Waals surface area contributed by atoms with Crippen molar-refractivity contribution in [3.63, 3.8) is 0 Å². The van der Waals surface area contributed by atoms with E-state index in [0.717, 1.165) is 11.3 Å². The van der Waals surface area contributed by atoms with Crippen LogP contribution in [0.4, 0.5) is 0 Å². The Balaban J connectivity index is 2.00. The van der Waals surface area contributed by atoms with Crippen molar-refractivity contribution in [3.8, 4) is 0 Å². The molecule has 6 nitrogen and oxygen atoms in total. The van der Waals surface area contributed by atoms with Gasteiger partial charge in [-0.3, -0.25) is 4.98 Å². The summed E-state index contributed by atoms with van der Waals surface area (Å²) >= 11 is 5.39. The number of hydrogen-bond acceptors (Lipinski definition) is 5. The molecule has 1 aromatic rings. The number of allylic oxidation sites excluding steroid dienone is 2. The lowest BCUT2D eigenvalue weighted by Gasteiger charge is -2.06. The molecule has 0 unspecified atom stereocenters. The second kappa shape index (κ2) is 6.83. The highest BCUT2D eigenvalue weighted by molar-refractivity contribution is 14.2. The van der Waals surface area contributed by atoms with E-state index in [9.17, 15) is 13.0 Å². The average Bonchev–Trinajstić information content (AvgIpc) is 2.38. The Kier molecular flexibility index (Phi) is 5.35. The third-order valence-corrected chi connectivity index (χ3v) is 5.81. The highest BCUT2D eigenvalue weighted by Gasteiger charge is 2.10. The average molecular weight is 428 g/mol. The molecule has 0 aliphatic carbocycles. The first-order valence-corrected chi connectivity index (χ1v) is 9.81. The Hall–Kier alpha value is -0.710. The van der Waals surface area contributed by atoms with Crippen LogP contribution in [0.2, 0.25) is 5.15 Å². The van der Waals surface area contributed by atoms with E-state index < -0.39 is 31.2 Å². The summed E-state index contributed by atoms with van der Waals surface area (Å²) < 4.78 is 35.7. The standard InChI is InChI=1S/C11H11ClIN3O3S/c12-11-8-14-7-10(15-11)9-2-4-16(13-6-9)3-1-5-20(17,18)19/h2,4,6-8H,1,3,5H2.